The molecule has 0 aliphatic heterocycles. The quantitative estimate of drug-likeness (QED) is 0.270. The number of aliphatic carboxylic acids is 2. The van der Waals surface area contributed by atoms with Crippen LogP contribution in [0.15, 0.2) is 0 Å². The van der Waals surface area contributed by atoms with Gasteiger partial charge in [-0.25, -0.2) is 0 Å². The zero-order chi connectivity index (χ0) is 14.1. The first-order valence-electron chi connectivity index (χ1n) is 5.06. The maximum absolute atomic E-state index is 11.7. The molecule has 9 heteroatoms. The van der Waals surface area contributed by atoms with Crippen LogP contribution >= 0.6 is 12.6 Å². The van der Waals surface area contributed by atoms with E-state index in [1.807, 2.05) is 5.82 Å². The molecule has 1 amide bonds. The third kappa shape index (κ3) is 6.85. The molecule has 0 saturated heterocycles. The van der Waals surface area contributed by atoms with Gasteiger partial charge in [0.25, 0.3) is 0 Å². The molecule has 0 rings (SSSR count). The molecule has 18 heavy (non-hydrogen) atoms. The topological polar surface area (TPSA) is 116 Å². The summed E-state index contributed by atoms with van der Waals surface area (Å²) in [5.41, 5.74) is 0. The molecule has 0 bridgehead atoms. The van der Waals surface area contributed by atoms with Crippen molar-refractivity contribution in [2.45, 2.75) is 30.7 Å². The molecule has 0 aromatic heterocycles. The van der Waals surface area contributed by atoms with E-state index in [1.54, 1.807) is 0 Å². The van der Waals surface area contributed by atoms with Gasteiger partial charge in [0.05, 0.1) is 0 Å². The maximum atomic E-state index is 11.7. The molecule has 2 atom stereocenters. The Morgan fingerprint density at radius 3 is 2.28 bits per heavy atom. The molecule has 0 saturated carbocycles. The van der Waals surface area contributed by atoms with Gasteiger partial charge in [-0.3, -0.25) is 0 Å². The van der Waals surface area contributed by atoms with Crippen LogP contribution in [0.25, 0.3) is 0 Å². The Kier molecular flexibility index (Phi) is 8.82. The first-order chi connectivity index (χ1) is 8.42. The van der Waals surface area contributed by atoms with Crippen molar-refractivity contribution < 1.29 is 24.6 Å². The van der Waals surface area contributed by atoms with Crippen molar-refractivity contribution in [1.29, 1.82) is 0 Å². The molecule has 4 N–H and O–H groups in total. The number of hydrogen-bond donors (Lipinski definition) is 5. The number of nitrogens with one attached hydrogen (secondary N) is 2. The van der Waals surface area contributed by atoms with Crippen LogP contribution in [0.5, 0.6) is 0 Å². The van der Waals surface area contributed by atoms with Crippen LogP contribution in [0.4, 0.5) is 0 Å². The predicted molar refractivity (Wildman–Crippen MR) is 68.8 cm³/mol. The van der Waals surface area contributed by atoms with Crippen molar-refractivity contribution in [3.05, 3.63) is 0 Å². The van der Waals surface area contributed by atoms with Crippen molar-refractivity contribution in [1.82, 2.24) is 9.65 Å². The summed E-state index contributed by atoms with van der Waals surface area (Å²) in [5.74, 6) is -0.713. The van der Waals surface area contributed by atoms with Gasteiger partial charge in [-0.15, -0.1) is 0 Å². The number of rotatable bonds is 9. The average molecular weight is 343 g/mol. The molecule has 0 aromatic rings. The van der Waals surface area contributed by atoms with E-state index in [9.17, 15) is 14.4 Å². The van der Waals surface area contributed by atoms with Gasteiger partial charge < -0.3 is 0 Å². The van der Waals surface area contributed by atoms with Gasteiger partial charge in [-0.2, -0.15) is 0 Å². The second-order valence-corrected chi connectivity index (χ2v) is 5.11. The van der Waals surface area contributed by atoms with E-state index in [0.29, 0.717) is 0 Å². The number of amides is 1. The molecule has 0 aliphatic rings. The normalized spacial score (nSPS) is 13.7. The molecule has 0 heterocycles. The van der Waals surface area contributed by atoms with Crippen molar-refractivity contribution in [3.63, 3.8) is 0 Å². The van der Waals surface area contributed by atoms with E-state index >= 15 is 0 Å². The molecule has 0 spiro atoms. The van der Waals surface area contributed by atoms with Crippen LogP contribution in [-0.2, 0) is 14.4 Å². The van der Waals surface area contributed by atoms with Crippen molar-refractivity contribution in [2.75, 3.05) is 5.75 Å². The summed E-state index contributed by atoms with van der Waals surface area (Å²) in [6.45, 7) is 0. The van der Waals surface area contributed by atoms with E-state index in [2.05, 4.69) is 22.3 Å². The van der Waals surface area contributed by atoms with Gasteiger partial charge in [-0.1, -0.05) is 0 Å². The van der Waals surface area contributed by atoms with Gasteiger partial charge in [0.2, 0.25) is 0 Å². The molecule has 104 valence electrons. The van der Waals surface area contributed by atoms with Crippen LogP contribution < -0.4 is 9.65 Å². The Bertz CT molecular complexity index is 315. The summed E-state index contributed by atoms with van der Waals surface area (Å²) < 4.78 is 2.91. The molecule has 0 radical (unpaired) electrons. The van der Waals surface area contributed by atoms with E-state index in [4.69, 9.17) is 10.2 Å². The van der Waals surface area contributed by atoms with Crippen LogP contribution in [-0.4, -0.2) is 61.1 Å². The van der Waals surface area contributed by atoms with Crippen molar-refractivity contribution in [2.24, 2.45) is 0 Å². The van der Waals surface area contributed by atoms with Gasteiger partial charge in [-0.05, 0) is 0 Å². The number of hydrogen-bond acceptors (Lipinski definition) is 5. The molecule has 7 nitrogen and oxygen atoms in total. The number of carboxylic acid groups (broad SMARTS) is 2. The summed E-state index contributed by atoms with van der Waals surface area (Å²) in [6.07, 6.45) is -0.457. The van der Waals surface area contributed by atoms with Crippen LogP contribution in [0.1, 0.15) is 12.8 Å². The minimum absolute atomic E-state index is 0.0462. The second kappa shape index (κ2) is 9.21. The molecule has 0 fully saturated rings. The summed E-state index contributed by atoms with van der Waals surface area (Å²) in [5, 5.41) is 19.7. The molecule has 0 aromatic carbocycles. The Morgan fingerprint density at radius 1 is 1.28 bits per heavy atom. The van der Waals surface area contributed by atoms with Gasteiger partial charge in [0.15, 0.2) is 0 Å². The Labute approximate surface area is 116 Å². The van der Waals surface area contributed by atoms with Crippen LogP contribution in [0, 0.1) is 0 Å². The summed E-state index contributed by atoms with van der Waals surface area (Å²) in [6, 6.07) is -1.76. The second-order valence-electron chi connectivity index (χ2n) is 3.39. The minimum atomic E-state index is -1.25. The fourth-order valence-electron chi connectivity index (χ4n) is 1.11. The summed E-state index contributed by atoms with van der Waals surface area (Å²) >= 11 is 4.04. The van der Waals surface area contributed by atoms with Gasteiger partial charge in [0, 0.05) is 0 Å². The van der Waals surface area contributed by atoms with Crippen LogP contribution in [0.3, 0.4) is 0 Å². The standard InChI is InChI=1S/C9H16N2O5SSe/c1-18-11-6(4-17)8(14)10-5(9(15)16)2-3-7(12)13/h5-6,11,17H,2-4H2,1H3,(H,10,14)(H,12,13)(H,15,16)/t5-,6?/m0/s1. The third-order valence-electron chi connectivity index (χ3n) is 2.02. The summed E-state index contributed by atoms with van der Waals surface area (Å²) in [4.78, 5) is 33.0. The molecule has 0 aliphatic carbocycles. The van der Waals surface area contributed by atoms with Crippen molar-refractivity contribution >= 4 is 45.6 Å². The first kappa shape index (κ1) is 17.2. The van der Waals surface area contributed by atoms with Crippen LogP contribution in [0.2, 0.25) is 5.82 Å². The number of carbonyl (C=O) groups excluding carboxylic acids is 1. The van der Waals surface area contributed by atoms with Gasteiger partial charge >= 0.3 is 116 Å². The van der Waals surface area contributed by atoms with E-state index in [-0.39, 0.29) is 33.8 Å². The van der Waals surface area contributed by atoms with E-state index < -0.39 is 29.9 Å². The average Bonchev–Trinajstić information content (AvgIpc) is 2.30. The van der Waals surface area contributed by atoms with E-state index in [1.165, 1.54) is 0 Å². The molecular formula is C9H16N2O5SSe. The fourth-order valence-corrected chi connectivity index (χ4v) is 2.64. The summed E-state index contributed by atoms with van der Waals surface area (Å²) in [7, 11) is 0. The first-order valence-corrected chi connectivity index (χ1v) is 8.27. The number of thiol groups is 1. The zero-order valence-corrected chi connectivity index (χ0v) is 12.4. The monoisotopic (exact) mass is 344 g/mol. The Balaban J connectivity index is 4.42. The molecule has 1 unspecified atom stereocenters. The third-order valence-corrected chi connectivity index (χ3v) is 3.48. The zero-order valence-electron chi connectivity index (χ0n) is 9.75. The van der Waals surface area contributed by atoms with Crippen molar-refractivity contribution in [3.8, 4) is 0 Å². The molecular weight excluding hydrogens is 327 g/mol. The van der Waals surface area contributed by atoms with E-state index in [0.717, 1.165) is 0 Å². The van der Waals surface area contributed by atoms with Gasteiger partial charge in [0.1, 0.15) is 0 Å². The predicted octanol–water partition coefficient (Wildman–Crippen LogP) is -1.02. The fraction of sp³-hybridized carbons (Fsp3) is 0.667. The Morgan fingerprint density at radius 2 is 1.89 bits per heavy atom. The Hall–Kier alpha value is -0.761. The number of carbonyl (C=O) groups is 3. The SMILES string of the molecule is C[Se]NC(CS)C(=O)N[C@@H](CCC(=O)O)C(=O)O. The number of carboxylic acids is 2.